The van der Waals surface area contributed by atoms with Gasteiger partial charge in [-0.3, -0.25) is 10.1 Å². The first kappa shape index (κ1) is 9.98. The molecule has 0 heterocycles. The minimum atomic E-state index is -0.737. The van der Waals surface area contributed by atoms with Crippen molar-refractivity contribution in [3.8, 4) is 0 Å². The molecule has 1 rings (SSSR count). The number of rotatable bonds is 3. The van der Waals surface area contributed by atoms with E-state index in [-0.39, 0.29) is 0 Å². The fraction of sp³-hybridized carbons (Fsp3) is 0.250. The van der Waals surface area contributed by atoms with Crippen molar-refractivity contribution in [2.24, 2.45) is 0 Å². The second-order valence-electron chi connectivity index (χ2n) is 2.28. The fourth-order valence-electron chi connectivity index (χ4n) is 0.907. The summed E-state index contributed by atoms with van der Waals surface area (Å²) in [6, 6.07) is 4.19. The topological polar surface area (TPSA) is 43.1 Å². The molecule has 1 aromatic carbocycles. The quantitative estimate of drug-likeness (QED) is 0.429. The lowest BCUT2D eigenvalue weighted by Gasteiger charge is -2.00. The molecule has 0 spiro atoms. The number of nitro groups is 1. The van der Waals surface area contributed by atoms with Crippen molar-refractivity contribution < 1.29 is 9.31 Å². The molecule has 0 aliphatic rings. The maximum absolute atomic E-state index is 13.2. The lowest BCUT2D eigenvalue weighted by atomic mass is 10.3. The van der Waals surface area contributed by atoms with Crippen molar-refractivity contribution in [3.63, 3.8) is 0 Å². The Kier molecular flexibility index (Phi) is 3.25. The van der Waals surface area contributed by atoms with Gasteiger partial charge in [0.2, 0.25) is 5.82 Å². The Morgan fingerprint density at radius 3 is 2.85 bits per heavy atom. The minimum Gasteiger partial charge on any atom is -0.258 e. The molecule has 0 aliphatic carbocycles. The van der Waals surface area contributed by atoms with Crippen LogP contribution in [0, 0.1) is 15.9 Å². The van der Waals surface area contributed by atoms with E-state index in [9.17, 15) is 14.5 Å². The maximum atomic E-state index is 13.2. The monoisotopic (exact) mass is 201 g/mol. The molecule has 0 fully saturated rings. The van der Waals surface area contributed by atoms with Gasteiger partial charge < -0.3 is 0 Å². The average Bonchev–Trinajstić information content (AvgIpc) is 2.08. The number of hydrogen-bond acceptors (Lipinski definition) is 3. The summed E-state index contributed by atoms with van der Waals surface area (Å²) in [5.74, 6) is -0.0442. The Hall–Kier alpha value is -1.10. The molecule has 0 atom stereocenters. The Morgan fingerprint density at radius 1 is 1.62 bits per heavy atom. The standard InChI is InChI=1S/C8H8FNO2S/c1-2-13-7-5-3-4-6(8(7)9)10(11)12/h3-5H,2H2,1H3. The van der Waals surface area contributed by atoms with Crippen LogP contribution in [0.3, 0.4) is 0 Å². The zero-order valence-corrected chi connectivity index (χ0v) is 7.81. The third kappa shape index (κ3) is 2.18. The van der Waals surface area contributed by atoms with Crippen LogP contribution < -0.4 is 0 Å². The van der Waals surface area contributed by atoms with Gasteiger partial charge in [0.1, 0.15) is 0 Å². The molecule has 5 heteroatoms. The van der Waals surface area contributed by atoms with Crippen LogP contribution in [-0.2, 0) is 0 Å². The second-order valence-corrected chi connectivity index (χ2v) is 3.59. The number of hydrogen-bond donors (Lipinski definition) is 0. The Balaban J connectivity index is 3.10. The Bertz CT molecular complexity index is 330. The van der Waals surface area contributed by atoms with Gasteiger partial charge in [-0.2, -0.15) is 4.39 Å². The van der Waals surface area contributed by atoms with Gasteiger partial charge in [0, 0.05) is 6.07 Å². The number of benzene rings is 1. The van der Waals surface area contributed by atoms with E-state index < -0.39 is 16.4 Å². The van der Waals surface area contributed by atoms with Crippen molar-refractivity contribution >= 4 is 17.4 Å². The summed E-state index contributed by atoms with van der Waals surface area (Å²) in [5.41, 5.74) is -0.460. The van der Waals surface area contributed by atoms with Gasteiger partial charge in [0.25, 0.3) is 0 Å². The number of nitrogens with zero attached hydrogens (tertiary/aromatic N) is 1. The SMILES string of the molecule is CCSc1cccc([N+](=O)[O-])c1F. The largest absolute Gasteiger partial charge is 0.305 e. The molecule has 0 radical (unpaired) electrons. The van der Waals surface area contributed by atoms with E-state index >= 15 is 0 Å². The molecule has 0 saturated heterocycles. The summed E-state index contributed by atoms with van der Waals surface area (Å²) in [6.07, 6.45) is 0. The van der Waals surface area contributed by atoms with E-state index in [0.717, 1.165) is 6.07 Å². The van der Waals surface area contributed by atoms with Crippen molar-refractivity contribution in [2.45, 2.75) is 11.8 Å². The van der Waals surface area contributed by atoms with Crippen LogP contribution in [0.5, 0.6) is 0 Å². The molecule has 0 unspecified atom stereocenters. The zero-order chi connectivity index (χ0) is 9.84. The van der Waals surface area contributed by atoms with Gasteiger partial charge in [-0.1, -0.05) is 13.0 Å². The number of halogens is 1. The van der Waals surface area contributed by atoms with Gasteiger partial charge >= 0.3 is 5.69 Å². The van der Waals surface area contributed by atoms with Crippen molar-refractivity contribution in [1.82, 2.24) is 0 Å². The zero-order valence-electron chi connectivity index (χ0n) is 6.99. The predicted octanol–water partition coefficient (Wildman–Crippen LogP) is 2.85. The van der Waals surface area contributed by atoms with Crippen molar-refractivity contribution in [2.75, 3.05) is 5.75 Å². The Labute approximate surface area is 79.1 Å². The van der Waals surface area contributed by atoms with Gasteiger partial charge in [-0.05, 0) is 11.8 Å². The third-order valence-electron chi connectivity index (χ3n) is 1.44. The van der Waals surface area contributed by atoms with Crippen LogP contribution in [0.25, 0.3) is 0 Å². The van der Waals surface area contributed by atoms with Gasteiger partial charge in [-0.25, -0.2) is 0 Å². The molecule has 0 N–H and O–H groups in total. The molecule has 3 nitrogen and oxygen atoms in total. The molecule has 0 aromatic heterocycles. The summed E-state index contributed by atoms with van der Waals surface area (Å²) in [6.45, 7) is 1.86. The van der Waals surface area contributed by atoms with E-state index in [1.807, 2.05) is 6.92 Å². The number of nitro benzene ring substituents is 1. The summed E-state index contributed by atoms with van der Waals surface area (Å²) < 4.78 is 13.2. The first-order valence-corrected chi connectivity index (χ1v) is 4.71. The fourth-order valence-corrected chi connectivity index (χ4v) is 1.62. The summed E-state index contributed by atoms with van der Waals surface area (Å²) in [7, 11) is 0. The maximum Gasteiger partial charge on any atom is 0.305 e. The van der Waals surface area contributed by atoms with Crippen LogP contribution in [0.1, 0.15) is 6.92 Å². The van der Waals surface area contributed by atoms with Crippen LogP contribution in [-0.4, -0.2) is 10.7 Å². The second kappa shape index (κ2) is 4.23. The van der Waals surface area contributed by atoms with Crippen LogP contribution in [0.15, 0.2) is 23.1 Å². The molecule has 0 saturated carbocycles. The first-order valence-electron chi connectivity index (χ1n) is 3.72. The van der Waals surface area contributed by atoms with E-state index in [0.29, 0.717) is 10.6 Å². The summed E-state index contributed by atoms with van der Waals surface area (Å²) in [4.78, 5) is 9.95. The van der Waals surface area contributed by atoms with Gasteiger partial charge in [0.15, 0.2) is 0 Å². The van der Waals surface area contributed by atoms with E-state index in [1.54, 1.807) is 0 Å². The highest BCUT2D eigenvalue weighted by molar-refractivity contribution is 7.99. The molecular weight excluding hydrogens is 193 g/mol. The molecular formula is C8H8FNO2S. The average molecular weight is 201 g/mol. The summed E-state index contributed by atoms with van der Waals surface area (Å²) >= 11 is 1.25. The molecule has 70 valence electrons. The lowest BCUT2D eigenvalue weighted by molar-refractivity contribution is -0.387. The smallest absolute Gasteiger partial charge is 0.258 e. The molecule has 0 amide bonds. The highest BCUT2D eigenvalue weighted by Crippen LogP contribution is 2.27. The van der Waals surface area contributed by atoms with E-state index in [2.05, 4.69) is 0 Å². The first-order chi connectivity index (χ1) is 6.16. The van der Waals surface area contributed by atoms with Crippen molar-refractivity contribution in [1.29, 1.82) is 0 Å². The van der Waals surface area contributed by atoms with Gasteiger partial charge in [0.05, 0.1) is 9.82 Å². The normalized spacial score (nSPS) is 10.0. The van der Waals surface area contributed by atoms with Crippen LogP contribution in [0.2, 0.25) is 0 Å². The molecule has 0 bridgehead atoms. The van der Waals surface area contributed by atoms with Crippen LogP contribution >= 0.6 is 11.8 Å². The van der Waals surface area contributed by atoms with E-state index in [1.165, 1.54) is 23.9 Å². The molecule has 1 aromatic rings. The predicted molar refractivity (Wildman–Crippen MR) is 49.5 cm³/mol. The van der Waals surface area contributed by atoms with Gasteiger partial charge in [-0.15, -0.1) is 11.8 Å². The highest BCUT2D eigenvalue weighted by Gasteiger charge is 2.16. The third-order valence-corrected chi connectivity index (χ3v) is 2.35. The highest BCUT2D eigenvalue weighted by atomic mass is 32.2. The Morgan fingerprint density at radius 2 is 2.31 bits per heavy atom. The molecule has 13 heavy (non-hydrogen) atoms. The lowest BCUT2D eigenvalue weighted by Crippen LogP contribution is -1.93. The minimum absolute atomic E-state index is 0.330. The summed E-state index contributed by atoms with van der Waals surface area (Å²) in [5, 5.41) is 10.3. The molecule has 0 aliphatic heterocycles. The number of thioether (sulfide) groups is 1. The van der Waals surface area contributed by atoms with Crippen LogP contribution in [0.4, 0.5) is 10.1 Å². The van der Waals surface area contributed by atoms with E-state index in [4.69, 9.17) is 0 Å². The van der Waals surface area contributed by atoms with Crippen molar-refractivity contribution in [3.05, 3.63) is 34.1 Å².